The normalized spacial score (nSPS) is 10.1. The quantitative estimate of drug-likeness (QED) is 0.652. The summed E-state index contributed by atoms with van der Waals surface area (Å²) in [5.74, 6) is -2.31. The summed E-state index contributed by atoms with van der Waals surface area (Å²) in [4.78, 5) is 22.9. The van der Waals surface area contributed by atoms with Gasteiger partial charge in [-0.1, -0.05) is 11.6 Å². The molecule has 0 aliphatic rings. The lowest BCUT2D eigenvalue weighted by Crippen LogP contribution is -2.13. The maximum atomic E-state index is 12.1. The van der Waals surface area contributed by atoms with Crippen LogP contribution in [0.1, 0.15) is 20.7 Å². The molecule has 0 saturated heterocycles. The Morgan fingerprint density at radius 1 is 1.05 bits per heavy atom. The molecule has 21 heavy (non-hydrogen) atoms. The van der Waals surface area contributed by atoms with Gasteiger partial charge in [0.1, 0.15) is 11.5 Å². The van der Waals surface area contributed by atoms with Gasteiger partial charge in [0, 0.05) is 0 Å². The molecule has 0 unspecified atom stereocenters. The molecule has 0 saturated carbocycles. The average molecular weight is 308 g/mol. The van der Waals surface area contributed by atoms with Crippen LogP contribution >= 0.6 is 11.6 Å². The van der Waals surface area contributed by atoms with Crippen LogP contribution in [0.15, 0.2) is 36.4 Å². The van der Waals surface area contributed by atoms with Crippen LogP contribution in [0.2, 0.25) is 5.02 Å². The van der Waals surface area contributed by atoms with Crippen molar-refractivity contribution >= 4 is 29.2 Å². The molecule has 6 nitrogen and oxygen atoms in total. The van der Waals surface area contributed by atoms with Crippen molar-refractivity contribution in [3.63, 3.8) is 0 Å². The van der Waals surface area contributed by atoms with Crippen molar-refractivity contribution in [3.8, 4) is 11.5 Å². The van der Waals surface area contributed by atoms with E-state index in [-0.39, 0.29) is 33.3 Å². The fourth-order valence-corrected chi connectivity index (χ4v) is 1.85. The SMILES string of the molecule is O=C(O)c1ccc(O)c(NC(=O)c2cc(O)ccc2Cl)c1. The van der Waals surface area contributed by atoms with E-state index in [9.17, 15) is 19.8 Å². The molecule has 0 aliphatic carbocycles. The van der Waals surface area contributed by atoms with Gasteiger partial charge in [0.15, 0.2) is 0 Å². The zero-order chi connectivity index (χ0) is 15.6. The second kappa shape index (κ2) is 5.72. The molecule has 2 rings (SSSR count). The number of phenols is 2. The van der Waals surface area contributed by atoms with Crippen molar-refractivity contribution in [2.75, 3.05) is 5.32 Å². The number of carbonyl (C=O) groups is 2. The summed E-state index contributed by atoms with van der Waals surface area (Å²) in [6.45, 7) is 0. The number of hydrogen-bond donors (Lipinski definition) is 4. The summed E-state index contributed by atoms with van der Waals surface area (Å²) in [6.07, 6.45) is 0. The van der Waals surface area contributed by atoms with Gasteiger partial charge in [-0.05, 0) is 36.4 Å². The lowest BCUT2D eigenvalue weighted by molar-refractivity contribution is 0.0696. The first-order valence-electron chi connectivity index (χ1n) is 5.74. The Balaban J connectivity index is 2.33. The van der Waals surface area contributed by atoms with Crippen molar-refractivity contribution in [3.05, 3.63) is 52.5 Å². The third-order valence-electron chi connectivity index (χ3n) is 2.69. The van der Waals surface area contributed by atoms with E-state index in [1.165, 1.54) is 18.2 Å². The lowest BCUT2D eigenvalue weighted by Gasteiger charge is -2.09. The number of anilines is 1. The Kier molecular flexibility index (Phi) is 4.00. The number of carboxylic acids is 1. The Morgan fingerprint density at radius 2 is 1.76 bits per heavy atom. The van der Waals surface area contributed by atoms with Gasteiger partial charge in [0.2, 0.25) is 0 Å². The molecule has 7 heteroatoms. The van der Waals surface area contributed by atoms with Crippen LogP contribution in [0.4, 0.5) is 5.69 Å². The standard InChI is InChI=1S/C14H10ClNO5/c15-10-3-2-8(17)6-9(10)13(19)16-11-5-7(14(20)21)1-4-12(11)18/h1-6,17-18H,(H,16,19)(H,20,21). The molecule has 0 fully saturated rings. The number of aromatic carboxylic acids is 1. The fraction of sp³-hybridized carbons (Fsp3) is 0. The predicted octanol–water partition coefficient (Wildman–Crippen LogP) is 2.70. The zero-order valence-corrected chi connectivity index (χ0v) is 11.3. The van der Waals surface area contributed by atoms with Crippen LogP contribution in [0, 0.1) is 0 Å². The van der Waals surface area contributed by atoms with Crippen LogP contribution in [-0.4, -0.2) is 27.2 Å². The first-order chi connectivity index (χ1) is 9.88. The van der Waals surface area contributed by atoms with Gasteiger partial charge in [-0.2, -0.15) is 0 Å². The highest BCUT2D eigenvalue weighted by Gasteiger charge is 2.15. The van der Waals surface area contributed by atoms with E-state index in [2.05, 4.69) is 5.32 Å². The van der Waals surface area contributed by atoms with Gasteiger partial charge in [-0.3, -0.25) is 4.79 Å². The molecular formula is C14H10ClNO5. The zero-order valence-electron chi connectivity index (χ0n) is 10.5. The average Bonchev–Trinajstić information content (AvgIpc) is 2.43. The number of carboxylic acid groups (broad SMARTS) is 1. The van der Waals surface area contributed by atoms with Crippen molar-refractivity contribution in [2.24, 2.45) is 0 Å². The molecule has 1 amide bonds. The lowest BCUT2D eigenvalue weighted by atomic mass is 10.1. The maximum Gasteiger partial charge on any atom is 0.335 e. The van der Waals surface area contributed by atoms with E-state index in [4.69, 9.17) is 16.7 Å². The van der Waals surface area contributed by atoms with Crippen LogP contribution < -0.4 is 5.32 Å². The number of rotatable bonds is 3. The predicted molar refractivity (Wildman–Crippen MR) is 76.1 cm³/mol. The molecule has 0 spiro atoms. The second-order valence-corrected chi connectivity index (χ2v) is 4.56. The van der Waals surface area contributed by atoms with Crippen LogP contribution in [0.5, 0.6) is 11.5 Å². The largest absolute Gasteiger partial charge is 0.508 e. The molecule has 108 valence electrons. The van der Waals surface area contributed by atoms with Crippen molar-refractivity contribution < 1.29 is 24.9 Å². The minimum absolute atomic E-state index is 0.00297. The Bertz CT molecular complexity index is 729. The Morgan fingerprint density at radius 3 is 2.43 bits per heavy atom. The van der Waals surface area contributed by atoms with Gasteiger partial charge in [0.25, 0.3) is 5.91 Å². The third kappa shape index (κ3) is 3.24. The molecular weight excluding hydrogens is 298 g/mol. The van der Waals surface area contributed by atoms with Crippen molar-refractivity contribution in [2.45, 2.75) is 0 Å². The summed E-state index contributed by atoms with van der Waals surface area (Å²) in [5, 5.41) is 30.3. The first-order valence-corrected chi connectivity index (χ1v) is 6.12. The number of hydrogen-bond acceptors (Lipinski definition) is 4. The smallest absolute Gasteiger partial charge is 0.335 e. The minimum atomic E-state index is -1.19. The van der Waals surface area contributed by atoms with E-state index in [0.29, 0.717) is 0 Å². The number of amides is 1. The fourth-order valence-electron chi connectivity index (χ4n) is 1.65. The molecule has 0 heterocycles. The number of phenolic OH excluding ortho intramolecular Hbond substituents is 2. The van der Waals surface area contributed by atoms with Crippen LogP contribution in [0.25, 0.3) is 0 Å². The molecule has 0 aromatic heterocycles. The molecule has 0 aliphatic heterocycles. The summed E-state index contributed by atoms with van der Waals surface area (Å²) in [7, 11) is 0. The highest BCUT2D eigenvalue weighted by Crippen LogP contribution is 2.27. The summed E-state index contributed by atoms with van der Waals surface area (Å²) in [5.41, 5.74) is -0.166. The van der Waals surface area contributed by atoms with Gasteiger partial charge in [0.05, 0.1) is 21.8 Å². The number of nitrogens with one attached hydrogen (secondary N) is 1. The molecule has 0 radical (unpaired) electrons. The maximum absolute atomic E-state index is 12.1. The Labute approximate surface area is 124 Å². The van der Waals surface area contributed by atoms with Gasteiger partial charge >= 0.3 is 5.97 Å². The van der Waals surface area contributed by atoms with Crippen LogP contribution in [0.3, 0.4) is 0 Å². The highest BCUT2D eigenvalue weighted by atomic mass is 35.5. The first kappa shape index (κ1) is 14.7. The van der Waals surface area contributed by atoms with E-state index in [1.807, 2.05) is 0 Å². The van der Waals surface area contributed by atoms with E-state index >= 15 is 0 Å². The summed E-state index contributed by atoms with van der Waals surface area (Å²) in [6, 6.07) is 7.31. The molecule has 2 aromatic carbocycles. The Hall–Kier alpha value is -2.73. The molecule has 0 bridgehead atoms. The number of aromatic hydroxyl groups is 2. The van der Waals surface area contributed by atoms with E-state index in [1.54, 1.807) is 0 Å². The van der Waals surface area contributed by atoms with E-state index < -0.39 is 11.9 Å². The number of halogens is 1. The highest BCUT2D eigenvalue weighted by molar-refractivity contribution is 6.34. The van der Waals surface area contributed by atoms with Gasteiger partial charge < -0.3 is 20.6 Å². The monoisotopic (exact) mass is 307 g/mol. The third-order valence-corrected chi connectivity index (χ3v) is 3.02. The molecule has 2 aromatic rings. The molecule has 4 N–H and O–H groups in total. The van der Waals surface area contributed by atoms with Crippen molar-refractivity contribution in [1.29, 1.82) is 0 Å². The topological polar surface area (TPSA) is 107 Å². The molecule has 0 atom stereocenters. The van der Waals surface area contributed by atoms with Crippen molar-refractivity contribution in [1.82, 2.24) is 0 Å². The van der Waals surface area contributed by atoms with Gasteiger partial charge in [-0.25, -0.2) is 4.79 Å². The second-order valence-electron chi connectivity index (χ2n) is 4.16. The van der Waals surface area contributed by atoms with E-state index in [0.717, 1.165) is 18.2 Å². The number of benzene rings is 2. The number of carbonyl (C=O) groups excluding carboxylic acids is 1. The van der Waals surface area contributed by atoms with Gasteiger partial charge in [-0.15, -0.1) is 0 Å². The van der Waals surface area contributed by atoms with Crippen LogP contribution in [-0.2, 0) is 0 Å². The minimum Gasteiger partial charge on any atom is -0.508 e. The summed E-state index contributed by atoms with van der Waals surface area (Å²) < 4.78 is 0. The summed E-state index contributed by atoms with van der Waals surface area (Å²) >= 11 is 5.85.